The Kier molecular flexibility index (Phi) is 4.34. The summed E-state index contributed by atoms with van der Waals surface area (Å²) in [6.45, 7) is 0. The second kappa shape index (κ2) is 6.00. The molecule has 1 aromatic rings. The van der Waals surface area contributed by atoms with Gasteiger partial charge in [0.1, 0.15) is 11.6 Å². The predicted octanol–water partition coefficient (Wildman–Crippen LogP) is 5.41. The number of rotatable bonds is 3. The Bertz CT molecular complexity index is 644. The Balaban J connectivity index is 1.85. The maximum atomic E-state index is 14.9. The first-order valence-corrected chi connectivity index (χ1v) is 8.62. The van der Waals surface area contributed by atoms with Crippen LogP contribution in [0, 0.1) is 16.6 Å². The second-order valence-corrected chi connectivity index (χ2v) is 7.54. The lowest BCUT2D eigenvalue weighted by molar-refractivity contribution is -0.162. The molecule has 3 saturated carbocycles. The highest BCUT2D eigenvalue weighted by atomic mass is 79.9. The van der Waals surface area contributed by atoms with Crippen LogP contribution in [0.25, 0.3) is 6.08 Å². The third-order valence-corrected chi connectivity index (χ3v) is 6.25. The largest absolute Gasteiger partial charge is 0.469 e. The van der Waals surface area contributed by atoms with E-state index in [9.17, 15) is 13.6 Å². The zero-order valence-electron chi connectivity index (χ0n) is 13.0. The van der Waals surface area contributed by atoms with Crippen molar-refractivity contribution in [1.29, 1.82) is 0 Å². The fraction of sp³-hybridized carbons (Fsp3) is 0.500. The highest BCUT2D eigenvalue weighted by molar-refractivity contribution is 9.10. The Hall–Kier alpha value is -1.23. The first kappa shape index (κ1) is 16.6. The molecule has 0 saturated heterocycles. The molecular formula is C18H19BrF2O2. The van der Waals surface area contributed by atoms with Gasteiger partial charge in [0, 0.05) is 11.0 Å². The topological polar surface area (TPSA) is 26.3 Å². The number of esters is 1. The molecular weight excluding hydrogens is 366 g/mol. The van der Waals surface area contributed by atoms with Crippen molar-refractivity contribution in [2.45, 2.75) is 38.5 Å². The van der Waals surface area contributed by atoms with Crippen LogP contribution in [0.15, 0.2) is 28.5 Å². The van der Waals surface area contributed by atoms with Gasteiger partial charge in [0.2, 0.25) is 0 Å². The van der Waals surface area contributed by atoms with Crippen molar-refractivity contribution in [3.8, 4) is 0 Å². The molecule has 4 rings (SSSR count). The first-order valence-electron chi connectivity index (χ1n) is 7.83. The average Bonchev–Trinajstić information content (AvgIpc) is 2.59. The fourth-order valence-electron chi connectivity index (χ4n) is 3.99. The first-order chi connectivity index (χ1) is 10.9. The summed E-state index contributed by atoms with van der Waals surface area (Å²) in [5.41, 5.74) is -0.732. The van der Waals surface area contributed by atoms with Gasteiger partial charge in [-0.2, -0.15) is 0 Å². The van der Waals surface area contributed by atoms with Crippen LogP contribution in [0.5, 0.6) is 0 Å². The summed E-state index contributed by atoms with van der Waals surface area (Å²) < 4.78 is 34.2. The summed E-state index contributed by atoms with van der Waals surface area (Å²) in [4.78, 5) is 12.0. The number of allylic oxidation sites excluding steroid dienone is 1. The van der Waals surface area contributed by atoms with Crippen molar-refractivity contribution in [3.63, 3.8) is 0 Å². The number of carbonyl (C=O) groups is 1. The molecule has 0 aliphatic heterocycles. The van der Waals surface area contributed by atoms with Gasteiger partial charge in [-0.25, -0.2) is 8.78 Å². The smallest absolute Gasteiger partial charge is 0.311 e. The van der Waals surface area contributed by atoms with Crippen molar-refractivity contribution >= 4 is 28.0 Å². The molecule has 3 aliphatic carbocycles. The number of carbonyl (C=O) groups excluding carboxylic acids is 1. The summed E-state index contributed by atoms with van der Waals surface area (Å²) in [5, 5.41) is 0. The highest BCUT2D eigenvalue weighted by Gasteiger charge is 2.54. The van der Waals surface area contributed by atoms with Gasteiger partial charge in [-0.1, -0.05) is 12.1 Å². The van der Waals surface area contributed by atoms with Gasteiger partial charge in [-0.15, -0.1) is 0 Å². The van der Waals surface area contributed by atoms with Gasteiger partial charge in [0.05, 0.1) is 17.0 Å². The maximum absolute atomic E-state index is 14.9. The van der Waals surface area contributed by atoms with Crippen molar-refractivity contribution in [2.24, 2.45) is 10.8 Å². The summed E-state index contributed by atoms with van der Waals surface area (Å²) in [7, 11) is 1.41. The molecule has 5 heteroatoms. The van der Waals surface area contributed by atoms with Crippen LogP contribution in [-0.2, 0) is 9.53 Å². The van der Waals surface area contributed by atoms with E-state index in [1.165, 1.54) is 13.2 Å². The van der Waals surface area contributed by atoms with E-state index in [1.54, 1.807) is 18.2 Å². The lowest BCUT2D eigenvalue weighted by Gasteiger charge is -2.51. The van der Waals surface area contributed by atoms with Gasteiger partial charge in [0.15, 0.2) is 0 Å². The monoisotopic (exact) mass is 384 g/mol. The molecule has 23 heavy (non-hydrogen) atoms. The van der Waals surface area contributed by atoms with E-state index >= 15 is 0 Å². The lowest BCUT2D eigenvalue weighted by Crippen LogP contribution is -2.46. The van der Waals surface area contributed by atoms with Gasteiger partial charge in [0.25, 0.3) is 0 Å². The van der Waals surface area contributed by atoms with Crippen LogP contribution >= 0.6 is 15.9 Å². The molecule has 0 atom stereocenters. The Morgan fingerprint density at radius 3 is 2.30 bits per heavy atom. The molecule has 0 spiro atoms. The molecule has 2 bridgehead atoms. The van der Waals surface area contributed by atoms with Crippen LogP contribution in [0.2, 0.25) is 0 Å². The number of fused-ring (bicyclic) bond motifs is 3. The van der Waals surface area contributed by atoms with Gasteiger partial charge < -0.3 is 4.74 Å². The highest BCUT2D eigenvalue weighted by Crippen LogP contribution is 2.60. The van der Waals surface area contributed by atoms with Crippen LogP contribution in [0.1, 0.15) is 44.1 Å². The number of methoxy groups -OCH3 is 1. The number of hydrogen-bond acceptors (Lipinski definition) is 2. The van der Waals surface area contributed by atoms with E-state index in [2.05, 4.69) is 15.9 Å². The summed E-state index contributed by atoms with van der Waals surface area (Å²) >= 11 is 3.12. The van der Waals surface area contributed by atoms with Crippen LogP contribution in [-0.4, -0.2) is 13.1 Å². The lowest BCUT2D eigenvalue weighted by atomic mass is 9.53. The van der Waals surface area contributed by atoms with Crippen molar-refractivity contribution in [2.75, 3.05) is 7.11 Å². The van der Waals surface area contributed by atoms with E-state index < -0.39 is 16.6 Å². The van der Waals surface area contributed by atoms with Crippen LogP contribution in [0.4, 0.5) is 8.78 Å². The SMILES string of the molecule is COC(=O)C12CCC(/C(F)=C/c3cccc(Br)c3F)(CC1)CC2. The predicted molar refractivity (Wildman–Crippen MR) is 87.8 cm³/mol. The normalized spacial score (nSPS) is 30.3. The fourth-order valence-corrected chi connectivity index (χ4v) is 4.37. The minimum absolute atomic E-state index is 0.173. The van der Waals surface area contributed by atoms with Crippen molar-refractivity contribution < 1.29 is 18.3 Å². The van der Waals surface area contributed by atoms with Gasteiger partial charge in [-0.3, -0.25) is 4.79 Å². The standard InChI is InChI=1S/C18H19BrF2O2/c1-23-16(22)18-8-5-17(6-9-18,7-10-18)14(20)11-12-3-2-4-13(19)15(12)21/h2-4,11H,5-10H2,1H3/b14-11-. The quantitative estimate of drug-likeness (QED) is 0.651. The molecule has 3 aliphatic rings. The van der Waals surface area contributed by atoms with Crippen LogP contribution < -0.4 is 0 Å². The summed E-state index contributed by atoms with van der Waals surface area (Å²) in [6.07, 6.45) is 5.07. The minimum atomic E-state index is -0.551. The molecule has 0 amide bonds. The number of ether oxygens (including phenoxy) is 1. The molecule has 0 N–H and O–H groups in total. The van der Waals surface area contributed by atoms with Gasteiger partial charge >= 0.3 is 5.97 Å². The zero-order chi connectivity index (χ0) is 16.7. The molecule has 0 radical (unpaired) electrons. The van der Waals surface area contributed by atoms with E-state index in [4.69, 9.17) is 4.74 Å². The maximum Gasteiger partial charge on any atom is 0.311 e. The summed E-state index contributed by atoms with van der Waals surface area (Å²) in [5.74, 6) is -0.893. The molecule has 2 nitrogen and oxygen atoms in total. The van der Waals surface area contributed by atoms with Crippen molar-refractivity contribution in [3.05, 3.63) is 39.9 Å². The van der Waals surface area contributed by atoms with Gasteiger partial charge in [-0.05, 0) is 66.6 Å². The van der Waals surface area contributed by atoms with E-state index in [0.29, 0.717) is 43.0 Å². The third kappa shape index (κ3) is 2.73. The summed E-state index contributed by atoms with van der Waals surface area (Å²) in [6, 6.07) is 4.85. The molecule has 124 valence electrons. The number of hydrogen-bond donors (Lipinski definition) is 0. The second-order valence-electron chi connectivity index (χ2n) is 6.69. The average molecular weight is 385 g/mol. The molecule has 0 heterocycles. The minimum Gasteiger partial charge on any atom is -0.469 e. The molecule has 3 fully saturated rings. The van der Waals surface area contributed by atoms with Crippen molar-refractivity contribution in [1.82, 2.24) is 0 Å². The number of benzene rings is 1. The van der Waals surface area contributed by atoms with E-state index in [0.717, 1.165) is 0 Å². The molecule has 0 unspecified atom stereocenters. The Morgan fingerprint density at radius 2 is 1.74 bits per heavy atom. The van der Waals surface area contributed by atoms with E-state index in [1.807, 2.05) is 0 Å². The zero-order valence-corrected chi connectivity index (χ0v) is 14.6. The van der Waals surface area contributed by atoms with E-state index in [-0.39, 0.29) is 17.4 Å². The third-order valence-electron chi connectivity index (χ3n) is 5.64. The number of halogens is 3. The van der Waals surface area contributed by atoms with Crippen LogP contribution in [0.3, 0.4) is 0 Å². The Morgan fingerprint density at radius 1 is 1.17 bits per heavy atom. The molecule has 1 aromatic carbocycles. The Labute approximate surface area is 143 Å². The molecule has 0 aromatic heterocycles.